The molecule has 96 valence electrons. The Bertz CT molecular complexity index is 714. The maximum Gasteiger partial charge on any atom is 0.363 e. The zero-order valence-electron chi connectivity index (χ0n) is 9.22. The number of ether oxygens (including phenoxy) is 1. The summed E-state index contributed by atoms with van der Waals surface area (Å²) in [6.45, 7) is 0. The number of nitrogens with zero attached hydrogens (tertiary/aromatic N) is 1. The third-order valence-corrected chi connectivity index (χ3v) is 4.34. The Morgan fingerprint density at radius 1 is 1.32 bits per heavy atom. The summed E-state index contributed by atoms with van der Waals surface area (Å²) in [5.74, 6) is 0.112. The molecule has 0 atom stereocenters. The number of carbonyl (C=O) groups is 1. The molecule has 0 amide bonds. The molecule has 0 radical (unpaired) electrons. The third kappa shape index (κ3) is 2.72. The molecule has 0 fully saturated rings. The average molecular weight is 403 g/mol. The first-order valence-corrected chi connectivity index (χ1v) is 7.61. The number of halogens is 2. The predicted octanol–water partition coefficient (Wildman–Crippen LogP) is 4.21. The predicted molar refractivity (Wildman–Crippen MR) is 79.0 cm³/mol. The first-order chi connectivity index (χ1) is 9.11. The van der Waals surface area contributed by atoms with Crippen molar-refractivity contribution < 1.29 is 13.9 Å². The molecule has 2 aromatic rings. The van der Waals surface area contributed by atoms with Gasteiger partial charge in [0.05, 0.1) is 0 Å². The van der Waals surface area contributed by atoms with E-state index in [0.29, 0.717) is 10.4 Å². The Kier molecular flexibility index (Phi) is 3.42. The maximum absolute atomic E-state index is 11.7. The van der Waals surface area contributed by atoms with Gasteiger partial charge in [-0.3, -0.25) is 0 Å². The SMILES string of the molecule is O=C1OC(c2ccc(Br)o2)=N/C1=C\c1cc(Br)cs1. The van der Waals surface area contributed by atoms with Gasteiger partial charge in [-0.05, 0) is 56.1 Å². The van der Waals surface area contributed by atoms with E-state index in [1.54, 1.807) is 18.2 Å². The number of hydrogen-bond acceptors (Lipinski definition) is 5. The third-order valence-electron chi connectivity index (χ3n) is 2.27. The van der Waals surface area contributed by atoms with Gasteiger partial charge in [0, 0.05) is 14.7 Å². The summed E-state index contributed by atoms with van der Waals surface area (Å²) in [7, 11) is 0. The van der Waals surface area contributed by atoms with E-state index in [4.69, 9.17) is 9.15 Å². The summed E-state index contributed by atoms with van der Waals surface area (Å²) in [5.41, 5.74) is 0.261. The molecule has 0 N–H and O–H groups in total. The van der Waals surface area contributed by atoms with Crippen molar-refractivity contribution in [1.82, 2.24) is 0 Å². The highest BCUT2D eigenvalue weighted by Crippen LogP contribution is 2.25. The fourth-order valence-corrected chi connectivity index (χ4v) is 3.16. The number of rotatable bonds is 2. The summed E-state index contributed by atoms with van der Waals surface area (Å²) in [6, 6.07) is 5.30. The van der Waals surface area contributed by atoms with Gasteiger partial charge >= 0.3 is 5.97 Å². The highest BCUT2D eigenvalue weighted by atomic mass is 79.9. The van der Waals surface area contributed by atoms with Crippen LogP contribution in [0.25, 0.3) is 6.08 Å². The first kappa shape index (κ1) is 12.8. The maximum atomic E-state index is 11.7. The van der Waals surface area contributed by atoms with Gasteiger partial charge in [-0.15, -0.1) is 11.3 Å². The molecule has 0 unspecified atom stereocenters. The second-order valence-electron chi connectivity index (χ2n) is 3.61. The van der Waals surface area contributed by atoms with Crippen LogP contribution in [0, 0.1) is 0 Å². The standard InChI is InChI=1S/C12H5Br2NO3S/c13-6-3-7(19-5-6)4-8-12(16)18-11(15-8)9-1-2-10(14)17-9/h1-5H/b8-4-. The number of carbonyl (C=O) groups excluding carboxylic acids is 1. The molecule has 2 aromatic heterocycles. The van der Waals surface area contributed by atoms with Crippen molar-refractivity contribution >= 4 is 61.1 Å². The molecule has 3 heterocycles. The molecule has 0 aliphatic carbocycles. The molecule has 1 aliphatic rings. The Labute approximate surface area is 129 Å². The summed E-state index contributed by atoms with van der Waals surface area (Å²) >= 11 is 8.05. The van der Waals surface area contributed by atoms with Crippen LogP contribution in [0.3, 0.4) is 0 Å². The normalized spacial score (nSPS) is 16.8. The quantitative estimate of drug-likeness (QED) is 0.558. The summed E-state index contributed by atoms with van der Waals surface area (Å²) in [6.07, 6.45) is 1.68. The Morgan fingerprint density at radius 3 is 2.79 bits per heavy atom. The van der Waals surface area contributed by atoms with E-state index in [2.05, 4.69) is 36.9 Å². The van der Waals surface area contributed by atoms with Gasteiger partial charge in [-0.1, -0.05) is 0 Å². The molecular formula is C12H5Br2NO3S. The largest absolute Gasteiger partial charge is 0.444 e. The Balaban J connectivity index is 1.93. The molecule has 0 saturated heterocycles. The van der Waals surface area contributed by atoms with Crippen LogP contribution in [0.4, 0.5) is 0 Å². The van der Waals surface area contributed by atoms with E-state index < -0.39 is 5.97 Å². The van der Waals surface area contributed by atoms with Crippen LogP contribution in [-0.2, 0) is 9.53 Å². The number of thiophene rings is 1. The fourth-order valence-electron chi connectivity index (χ4n) is 1.48. The van der Waals surface area contributed by atoms with Crippen molar-refractivity contribution in [2.24, 2.45) is 4.99 Å². The minimum Gasteiger partial charge on any atom is -0.444 e. The van der Waals surface area contributed by atoms with Gasteiger partial charge in [0.15, 0.2) is 16.1 Å². The molecule has 0 saturated carbocycles. The van der Waals surface area contributed by atoms with Crippen molar-refractivity contribution in [3.63, 3.8) is 0 Å². The van der Waals surface area contributed by atoms with E-state index in [1.807, 2.05) is 11.4 Å². The second kappa shape index (κ2) is 5.07. The van der Waals surface area contributed by atoms with Gasteiger partial charge < -0.3 is 9.15 Å². The molecule has 4 nitrogen and oxygen atoms in total. The number of aliphatic imine (C=N–C) groups is 1. The Morgan fingerprint density at radius 2 is 2.16 bits per heavy atom. The van der Waals surface area contributed by atoms with Crippen molar-refractivity contribution in [2.45, 2.75) is 0 Å². The Hall–Kier alpha value is -1.18. The van der Waals surface area contributed by atoms with Gasteiger partial charge in [0.1, 0.15) is 0 Å². The number of cyclic esters (lactones) is 1. The zero-order valence-corrected chi connectivity index (χ0v) is 13.2. The summed E-state index contributed by atoms with van der Waals surface area (Å²) < 4.78 is 11.9. The van der Waals surface area contributed by atoms with Crippen molar-refractivity contribution in [3.05, 3.63) is 49.1 Å². The van der Waals surface area contributed by atoms with Crippen LogP contribution in [0.2, 0.25) is 0 Å². The van der Waals surface area contributed by atoms with Crippen LogP contribution < -0.4 is 0 Å². The van der Waals surface area contributed by atoms with E-state index >= 15 is 0 Å². The lowest BCUT2D eigenvalue weighted by molar-refractivity contribution is -0.130. The van der Waals surface area contributed by atoms with Gasteiger partial charge in [-0.25, -0.2) is 9.79 Å². The highest BCUT2D eigenvalue weighted by Gasteiger charge is 2.26. The molecule has 3 rings (SSSR count). The molecule has 19 heavy (non-hydrogen) atoms. The van der Waals surface area contributed by atoms with Crippen molar-refractivity contribution in [3.8, 4) is 0 Å². The smallest absolute Gasteiger partial charge is 0.363 e. The van der Waals surface area contributed by atoms with Crippen LogP contribution in [0.5, 0.6) is 0 Å². The van der Waals surface area contributed by atoms with E-state index in [1.165, 1.54) is 11.3 Å². The molecule has 0 bridgehead atoms. The number of furan rings is 1. The van der Waals surface area contributed by atoms with Crippen LogP contribution >= 0.6 is 43.2 Å². The van der Waals surface area contributed by atoms with Crippen LogP contribution in [0.1, 0.15) is 10.6 Å². The van der Waals surface area contributed by atoms with Crippen LogP contribution in [0.15, 0.2) is 47.8 Å². The van der Waals surface area contributed by atoms with Gasteiger partial charge in [0.25, 0.3) is 5.90 Å². The topological polar surface area (TPSA) is 51.8 Å². The van der Waals surface area contributed by atoms with Crippen molar-refractivity contribution in [1.29, 1.82) is 0 Å². The lowest BCUT2D eigenvalue weighted by Crippen LogP contribution is -2.04. The monoisotopic (exact) mass is 401 g/mol. The average Bonchev–Trinajstić information content (AvgIpc) is 3.03. The van der Waals surface area contributed by atoms with E-state index in [9.17, 15) is 4.79 Å². The molecule has 0 spiro atoms. The minimum absolute atomic E-state index is 0.178. The molecular weight excluding hydrogens is 398 g/mol. The van der Waals surface area contributed by atoms with Crippen LogP contribution in [-0.4, -0.2) is 11.9 Å². The summed E-state index contributed by atoms with van der Waals surface area (Å²) in [5, 5.41) is 1.93. The second-order valence-corrected chi connectivity index (χ2v) is 6.25. The van der Waals surface area contributed by atoms with Crippen molar-refractivity contribution in [2.75, 3.05) is 0 Å². The lowest BCUT2D eigenvalue weighted by Gasteiger charge is -1.92. The minimum atomic E-state index is -0.480. The molecule has 1 aliphatic heterocycles. The number of hydrogen-bond donors (Lipinski definition) is 0. The zero-order chi connectivity index (χ0) is 13.4. The fraction of sp³-hybridized carbons (Fsp3) is 0. The first-order valence-electron chi connectivity index (χ1n) is 5.14. The molecule has 7 heteroatoms. The highest BCUT2D eigenvalue weighted by molar-refractivity contribution is 9.10. The molecule has 0 aromatic carbocycles. The lowest BCUT2D eigenvalue weighted by atomic mass is 10.3. The van der Waals surface area contributed by atoms with Gasteiger partial charge in [0.2, 0.25) is 0 Å². The van der Waals surface area contributed by atoms with E-state index in [0.717, 1.165) is 9.35 Å². The van der Waals surface area contributed by atoms with E-state index in [-0.39, 0.29) is 11.6 Å². The van der Waals surface area contributed by atoms with Gasteiger partial charge in [-0.2, -0.15) is 0 Å². The summed E-state index contributed by atoms with van der Waals surface area (Å²) in [4.78, 5) is 16.8. The number of esters is 1.